The Hall–Kier alpha value is 0.0600. The van der Waals surface area contributed by atoms with Gasteiger partial charge in [0.15, 0.2) is 0 Å². The fraction of sp³-hybridized carbons (Fsp3) is 1.00. The molecular weight excluding hydrogens is 261 g/mol. The zero-order valence-corrected chi connectivity index (χ0v) is 11.7. The Morgan fingerprint density at radius 1 is 1.22 bits per heavy atom. The Morgan fingerprint density at radius 3 is 2.44 bits per heavy atom. The number of nitrogens with zero attached hydrogens (tertiary/aromatic N) is 1. The molecule has 1 N–H and O–H groups in total. The van der Waals surface area contributed by atoms with Crippen LogP contribution in [0.15, 0.2) is 0 Å². The maximum absolute atomic E-state index is 12.4. The topological polar surface area (TPSA) is 15.3 Å². The highest BCUT2D eigenvalue weighted by molar-refractivity contribution is 7.99. The van der Waals surface area contributed by atoms with Crippen molar-refractivity contribution in [2.75, 3.05) is 38.5 Å². The highest BCUT2D eigenvalue weighted by atomic mass is 32.2. The smallest absolute Gasteiger partial charge is 0.317 e. The fourth-order valence-electron chi connectivity index (χ4n) is 2.15. The summed E-state index contributed by atoms with van der Waals surface area (Å²) in [7, 11) is 0. The van der Waals surface area contributed by atoms with Gasteiger partial charge >= 0.3 is 6.18 Å². The minimum atomic E-state index is -4.07. The van der Waals surface area contributed by atoms with E-state index in [-0.39, 0.29) is 0 Å². The van der Waals surface area contributed by atoms with E-state index < -0.39 is 12.7 Å². The highest BCUT2D eigenvalue weighted by Crippen LogP contribution is 2.21. The molecule has 1 fully saturated rings. The van der Waals surface area contributed by atoms with E-state index in [1.807, 2.05) is 18.7 Å². The van der Waals surface area contributed by atoms with Crippen molar-refractivity contribution in [3.63, 3.8) is 0 Å². The van der Waals surface area contributed by atoms with Crippen molar-refractivity contribution in [1.82, 2.24) is 10.2 Å². The van der Waals surface area contributed by atoms with E-state index in [9.17, 15) is 13.2 Å². The molecule has 0 aromatic heterocycles. The van der Waals surface area contributed by atoms with Crippen LogP contribution in [0, 0.1) is 0 Å². The van der Waals surface area contributed by atoms with Gasteiger partial charge in [-0.1, -0.05) is 6.92 Å². The van der Waals surface area contributed by atoms with Crippen LogP contribution in [0.2, 0.25) is 0 Å². The Bertz CT molecular complexity index is 218. The third kappa shape index (κ3) is 7.48. The molecule has 0 aromatic rings. The Balaban J connectivity index is 2.19. The van der Waals surface area contributed by atoms with Crippen LogP contribution in [-0.4, -0.2) is 54.8 Å². The molecule has 0 atom stereocenters. The summed E-state index contributed by atoms with van der Waals surface area (Å²) in [5, 5.41) is 3.92. The van der Waals surface area contributed by atoms with Crippen LogP contribution in [0.5, 0.6) is 0 Å². The highest BCUT2D eigenvalue weighted by Gasteiger charge is 2.30. The van der Waals surface area contributed by atoms with E-state index in [0.29, 0.717) is 18.3 Å². The zero-order valence-electron chi connectivity index (χ0n) is 10.9. The standard InChI is InChI=1S/C12H23F3N2S/c1-2-7-17(10-12(13,14)15)8-9-18-11-3-5-16-6-4-11/h11,16H,2-10H2,1H3. The van der Waals surface area contributed by atoms with Gasteiger partial charge in [-0.05, 0) is 38.9 Å². The first-order chi connectivity index (χ1) is 8.51. The maximum atomic E-state index is 12.4. The van der Waals surface area contributed by atoms with E-state index in [1.165, 1.54) is 4.90 Å². The van der Waals surface area contributed by atoms with Gasteiger partial charge < -0.3 is 5.32 Å². The average Bonchev–Trinajstić information content (AvgIpc) is 2.28. The van der Waals surface area contributed by atoms with Gasteiger partial charge in [0.1, 0.15) is 0 Å². The number of halogens is 3. The van der Waals surface area contributed by atoms with Gasteiger partial charge in [0.25, 0.3) is 0 Å². The van der Waals surface area contributed by atoms with E-state index in [1.54, 1.807) is 0 Å². The lowest BCUT2D eigenvalue weighted by Gasteiger charge is -2.25. The minimum Gasteiger partial charge on any atom is -0.317 e. The number of nitrogens with one attached hydrogen (secondary N) is 1. The van der Waals surface area contributed by atoms with E-state index in [4.69, 9.17) is 0 Å². The van der Waals surface area contributed by atoms with Crippen molar-refractivity contribution in [2.24, 2.45) is 0 Å². The molecule has 1 saturated heterocycles. The molecular formula is C12H23F3N2S. The lowest BCUT2D eigenvalue weighted by Crippen LogP contribution is -2.37. The van der Waals surface area contributed by atoms with Crippen molar-refractivity contribution >= 4 is 11.8 Å². The van der Waals surface area contributed by atoms with E-state index >= 15 is 0 Å². The largest absolute Gasteiger partial charge is 0.401 e. The van der Waals surface area contributed by atoms with Crippen LogP contribution in [0.3, 0.4) is 0 Å². The number of thioether (sulfide) groups is 1. The quantitative estimate of drug-likeness (QED) is 0.774. The predicted octanol–water partition coefficient (Wildman–Crippen LogP) is 2.75. The van der Waals surface area contributed by atoms with Crippen LogP contribution in [0.1, 0.15) is 26.2 Å². The molecule has 0 aliphatic carbocycles. The molecule has 0 amide bonds. The second-order valence-corrected chi connectivity index (χ2v) is 6.12. The predicted molar refractivity (Wildman–Crippen MR) is 71.1 cm³/mol. The van der Waals surface area contributed by atoms with Crippen LogP contribution in [-0.2, 0) is 0 Å². The number of rotatable bonds is 7. The van der Waals surface area contributed by atoms with Crippen LogP contribution in [0.4, 0.5) is 13.2 Å². The summed E-state index contributed by atoms with van der Waals surface area (Å²) in [5.74, 6) is 0.806. The van der Waals surface area contributed by atoms with Gasteiger partial charge in [-0.25, -0.2) is 0 Å². The molecule has 0 spiro atoms. The zero-order chi connectivity index (χ0) is 13.4. The molecule has 0 radical (unpaired) electrons. The van der Waals surface area contributed by atoms with Crippen molar-refractivity contribution < 1.29 is 13.2 Å². The molecule has 2 nitrogen and oxygen atoms in total. The first-order valence-electron chi connectivity index (χ1n) is 6.62. The molecule has 1 aliphatic rings. The number of piperidine rings is 1. The first kappa shape index (κ1) is 16.1. The van der Waals surface area contributed by atoms with Gasteiger partial charge in [0.2, 0.25) is 0 Å². The summed E-state index contributed by atoms with van der Waals surface area (Å²) in [5.41, 5.74) is 0. The van der Waals surface area contributed by atoms with Gasteiger partial charge in [-0.2, -0.15) is 24.9 Å². The normalized spacial score (nSPS) is 18.5. The summed E-state index contributed by atoms with van der Waals surface area (Å²) in [6.45, 7) is 4.31. The molecule has 1 aliphatic heterocycles. The van der Waals surface area contributed by atoms with Gasteiger partial charge in [-0.3, -0.25) is 4.90 Å². The van der Waals surface area contributed by atoms with E-state index in [2.05, 4.69) is 5.32 Å². The molecule has 108 valence electrons. The molecule has 18 heavy (non-hydrogen) atoms. The SMILES string of the molecule is CCCN(CCSC1CCNCC1)CC(F)(F)F. The summed E-state index contributed by atoms with van der Waals surface area (Å²) in [6, 6.07) is 0. The number of hydrogen-bond donors (Lipinski definition) is 1. The van der Waals surface area contributed by atoms with Crippen LogP contribution >= 0.6 is 11.8 Å². The lowest BCUT2D eigenvalue weighted by molar-refractivity contribution is -0.145. The third-order valence-electron chi connectivity index (χ3n) is 2.99. The van der Waals surface area contributed by atoms with Crippen molar-refractivity contribution in [2.45, 2.75) is 37.6 Å². The summed E-state index contributed by atoms with van der Waals surface area (Å²) in [4.78, 5) is 1.52. The van der Waals surface area contributed by atoms with Crippen molar-refractivity contribution in [1.29, 1.82) is 0 Å². The van der Waals surface area contributed by atoms with Gasteiger partial charge in [0.05, 0.1) is 6.54 Å². The molecule has 1 heterocycles. The first-order valence-corrected chi connectivity index (χ1v) is 7.67. The molecule has 0 saturated carbocycles. The van der Waals surface area contributed by atoms with Crippen molar-refractivity contribution in [3.8, 4) is 0 Å². The fourth-order valence-corrected chi connectivity index (χ4v) is 3.42. The minimum absolute atomic E-state index is 0.534. The van der Waals surface area contributed by atoms with Crippen LogP contribution < -0.4 is 5.32 Å². The van der Waals surface area contributed by atoms with Crippen LogP contribution in [0.25, 0.3) is 0 Å². The lowest BCUT2D eigenvalue weighted by atomic mass is 10.2. The summed E-state index contributed by atoms with van der Waals surface area (Å²) in [6.07, 6.45) is -1.03. The second-order valence-electron chi connectivity index (χ2n) is 4.71. The monoisotopic (exact) mass is 284 g/mol. The van der Waals surface area contributed by atoms with Crippen molar-refractivity contribution in [3.05, 3.63) is 0 Å². The van der Waals surface area contributed by atoms with Gasteiger partial charge in [-0.15, -0.1) is 0 Å². The number of alkyl halides is 3. The molecule has 1 rings (SSSR count). The molecule has 0 unspecified atom stereocenters. The summed E-state index contributed by atoms with van der Waals surface area (Å²) >= 11 is 1.83. The Labute approximate surface area is 112 Å². The van der Waals surface area contributed by atoms with Gasteiger partial charge in [0, 0.05) is 17.5 Å². The Morgan fingerprint density at radius 2 is 1.89 bits per heavy atom. The average molecular weight is 284 g/mol. The third-order valence-corrected chi connectivity index (χ3v) is 4.35. The molecule has 0 aromatic carbocycles. The second kappa shape index (κ2) is 8.27. The van der Waals surface area contributed by atoms with E-state index in [0.717, 1.165) is 38.1 Å². The maximum Gasteiger partial charge on any atom is 0.401 e. The molecule has 0 bridgehead atoms. The summed E-state index contributed by atoms with van der Waals surface area (Å²) < 4.78 is 37.1. The molecule has 6 heteroatoms. The number of hydrogen-bond acceptors (Lipinski definition) is 3. The Kier molecular flexibility index (Phi) is 7.41.